The van der Waals surface area contributed by atoms with Gasteiger partial charge in [-0.1, -0.05) is 55.8 Å². The summed E-state index contributed by atoms with van der Waals surface area (Å²) in [4.78, 5) is 16.9. The zero-order chi connectivity index (χ0) is 20.0. The number of nitriles is 1. The first-order valence-corrected chi connectivity index (χ1v) is 10.8. The van der Waals surface area contributed by atoms with Gasteiger partial charge in [0.25, 0.3) is 0 Å². The summed E-state index contributed by atoms with van der Waals surface area (Å²) >= 11 is 8.08. The number of carbonyl (C=O) groups is 1. The summed E-state index contributed by atoms with van der Waals surface area (Å²) in [5.41, 5.74) is 4.13. The van der Waals surface area contributed by atoms with E-state index in [0.29, 0.717) is 16.3 Å². The van der Waals surface area contributed by atoms with E-state index >= 15 is 0 Å². The summed E-state index contributed by atoms with van der Waals surface area (Å²) < 4.78 is 1.74. The summed E-state index contributed by atoms with van der Waals surface area (Å²) in [6.45, 7) is 5.85. The van der Waals surface area contributed by atoms with E-state index in [1.165, 1.54) is 11.8 Å². The fraction of sp³-hybridized carbons (Fsp3) is 0.250. The van der Waals surface area contributed by atoms with Crippen LogP contribution in [0.1, 0.15) is 29.3 Å². The third kappa shape index (κ3) is 5.93. The Morgan fingerprint density at radius 2 is 1.96 bits per heavy atom. The van der Waals surface area contributed by atoms with Gasteiger partial charge in [-0.15, -0.1) is 0 Å². The molecule has 0 aliphatic carbocycles. The van der Waals surface area contributed by atoms with Crippen LogP contribution in [0.25, 0.3) is 0 Å². The van der Waals surface area contributed by atoms with E-state index in [4.69, 9.17) is 0 Å². The highest BCUT2D eigenvalue weighted by molar-refractivity contribution is 9.11. The minimum absolute atomic E-state index is 0.149. The number of hydrogen-bond acceptors (Lipinski definition) is 4. The van der Waals surface area contributed by atoms with Gasteiger partial charge in [-0.25, -0.2) is 4.98 Å². The molecule has 0 aliphatic rings. The van der Waals surface area contributed by atoms with Crippen LogP contribution in [0.5, 0.6) is 0 Å². The Morgan fingerprint density at radius 3 is 2.56 bits per heavy atom. The summed E-state index contributed by atoms with van der Waals surface area (Å²) in [7, 11) is 0. The van der Waals surface area contributed by atoms with Crippen molar-refractivity contribution in [3.63, 3.8) is 0 Å². The molecule has 0 atom stereocenters. The van der Waals surface area contributed by atoms with Crippen LogP contribution in [-0.2, 0) is 11.2 Å². The fourth-order valence-electron chi connectivity index (χ4n) is 2.59. The van der Waals surface area contributed by atoms with Crippen molar-refractivity contribution in [2.75, 3.05) is 11.1 Å². The van der Waals surface area contributed by atoms with Crippen LogP contribution in [0.2, 0.25) is 0 Å². The molecule has 0 unspecified atom stereocenters. The zero-order valence-electron chi connectivity index (χ0n) is 15.3. The van der Waals surface area contributed by atoms with E-state index in [1.807, 2.05) is 45.0 Å². The lowest BCUT2D eigenvalue weighted by Crippen LogP contribution is -2.14. The number of nitrogens with one attached hydrogen (secondary N) is 1. The molecule has 4 nitrogen and oxygen atoms in total. The highest BCUT2D eigenvalue weighted by Gasteiger charge is 2.16. The van der Waals surface area contributed by atoms with E-state index < -0.39 is 0 Å². The molecule has 1 heterocycles. The molecular formula is C20H19Br2N3OS. The van der Waals surface area contributed by atoms with E-state index in [9.17, 15) is 10.1 Å². The van der Waals surface area contributed by atoms with E-state index in [0.717, 1.165) is 32.2 Å². The quantitative estimate of drug-likeness (QED) is 0.387. The average Bonchev–Trinajstić information content (AvgIpc) is 2.58. The highest BCUT2D eigenvalue weighted by atomic mass is 79.9. The van der Waals surface area contributed by atoms with Gasteiger partial charge < -0.3 is 5.32 Å². The Hall–Kier alpha value is -1.62. The monoisotopic (exact) mass is 507 g/mol. The molecule has 0 radical (unpaired) electrons. The van der Waals surface area contributed by atoms with E-state index in [-0.39, 0.29) is 11.7 Å². The molecule has 1 aromatic carbocycles. The number of halogens is 2. The van der Waals surface area contributed by atoms with Crippen molar-refractivity contribution < 1.29 is 4.79 Å². The molecule has 0 saturated carbocycles. The SMILES string of the molecule is C/C=C\Cc1c(C)nc(SCC(=O)Nc2cc(Br)cc(Br)c2)c(C#N)c1C. The van der Waals surface area contributed by atoms with Crippen LogP contribution in [0.15, 0.2) is 44.3 Å². The molecule has 140 valence electrons. The second kappa shape index (κ2) is 10.1. The predicted octanol–water partition coefficient (Wildman–Crippen LogP) is 5.94. The van der Waals surface area contributed by atoms with Gasteiger partial charge in [-0.05, 0) is 56.5 Å². The van der Waals surface area contributed by atoms with Gasteiger partial charge in [0.05, 0.1) is 11.3 Å². The number of carbonyl (C=O) groups excluding carboxylic acids is 1. The summed E-state index contributed by atoms with van der Waals surface area (Å²) in [5.74, 6) is 0.0304. The molecule has 1 amide bonds. The summed E-state index contributed by atoms with van der Waals surface area (Å²) in [6, 6.07) is 7.80. The molecular weight excluding hydrogens is 490 g/mol. The zero-order valence-corrected chi connectivity index (χ0v) is 19.3. The van der Waals surface area contributed by atoms with Crippen molar-refractivity contribution in [3.05, 3.63) is 61.7 Å². The minimum Gasteiger partial charge on any atom is -0.325 e. The largest absolute Gasteiger partial charge is 0.325 e. The van der Waals surface area contributed by atoms with Gasteiger partial charge in [0.15, 0.2) is 0 Å². The molecule has 27 heavy (non-hydrogen) atoms. The number of anilines is 1. The van der Waals surface area contributed by atoms with Crippen LogP contribution in [0, 0.1) is 25.2 Å². The van der Waals surface area contributed by atoms with Crippen LogP contribution < -0.4 is 5.32 Å². The molecule has 7 heteroatoms. The van der Waals surface area contributed by atoms with Crippen LogP contribution in [0.3, 0.4) is 0 Å². The topological polar surface area (TPSA) is 65.8 Å². The number of benzene rings is 1. The molecule has 0 fully saturated rings. The lowest BCUT2D eigenvalue weighted by atomic mass is 10.0. The Balaban J connectivity index is 2.15. The lowest BCUT2D eigenvalue weighted by Gasteiger charge is -2.13. The van der Waals surface area contributed by atoms with Crippen molar-refractivity contribution in [3.8, 4) is 6.07 Å². The van der Waals surface area contributed by atoms with Crippen molar-refractivity contribution in [1.82, 2.24) is 4.98 Å². The van der Waals surface area contributed by atoms with E-state index in [2.05, 4.69) is 54.3 Å². The number of allylic oxidation sites excluding steroid dienone is 2. The van der Waals surface area contributed by atoms with Gasteiger partial charge in [0.1, 0.15) is 11.1 Å². The van der Waals surface area contributed by atoms with Gasteiger partial charge >= 0.3 is 0 Å². The first-order valence-electron chi connectivity index (χ1n) is 8.25. The Labute approximate surface area is 180 Å². The van der Waals surface area contributed by atoms with Crippen molar-refractivity contribution in [2.24, 2.45) is 0 Å². The predicted molar refractivity (Wildman–Crippen MR) is 118 cm³/mol. The first kappa shape index (κ1) is 21.7. The number of amides is 1. The maximum atomic E-state index is 12.3. The third-order valence-electron chi connectivity index (χ3n) is 3.90. The molecule has 1 N–H and O–H groups in total. The smallest absolute Gasteiger partial charge is 0.234 e. The normalized spacial score (nSPS) is 10.8. The second-order valence-electron chi connectivity index (χ2n) is 5.86. The first-order chi connectivity index (χ1) is 12.8. The number of thioether (sulfide) groups is 1. The number of nitrogens with zero attached hydrogens (tertiary/aromatic N) is 2. The second-order valence-corrected chi connectivity index (χ2v) is 8.66. The van der Waals surface area contributed by atoms with E-state index in [1.54, 1.807) is 0 Å². The van der Waals surface area contributed by atoms with Crippen LogP contribution in [-0.4, -0.2) is 16.6 Å². The van der Waals surface area contributed by atoms with Gasteiger partial charge in [-0.3, -0.25) is 4.79 Å². The van der Waals surface area contributed by atoms with Gasteiger partial charge in [0, 0.05) is 20.3 Å². The van der Waals surface area contributed by atoms with Crippen molar-refractivity contribution >= 4 is 55.2 Å². The van der Waals surface area contributed by atoms with Gasteiger partial charge in [-0.2, -0.15) is 5.26 Å². The number of hydrogen-bond donors (Lipinski definition) is 1. The fourth-order valence-corrected chi connectivity index (χ4v) is 4.77. The Morgan fingerprint density at radius 1 is 1.30 bits per heavy atom. The highest BCUT2D eigenvalue weighted by Crippen LogP contribution is 2.28. The minimum atomic E-state index is -0.149. The molecule has 2 aromatic rings. The number of pyridine rings is 1. The molecule has 0 bridgehead atoms. The Bertz CT molecular complexity index is 916. The summed E-state index contributed by atoms with van der Waals surface area (Å²) in [6.07, 6.45) is 4.78. The average molecular weight is 509 g/mol. The lowest BCUT2D eigenvalue weighted by molar-refractivity contribution is -0.113. The Kier molecular flexibility index (Phi) is 8.08. The molecule has 0 aliphatic heterocycles. The molecule has 1 aromatic heterocycles. The van der Waals surface area contributed by atoms with Crippen molar-refractivity contribution in [2.45, 2.75) is 32.2 Å². The maximum Gasteiger partial charge on any atom is 0.234 e. The summed E-state index contributed by atoms with van der Waals surface area (Å²) in [5, 5.41) is 13.0. The van der Waals surface area contributed by atoms with Crippen LogP contribution in [0.4, 0.5) is 5.69 Å². The molecule has 2 rings (SSSR count). The third-order valence-corrected chi connectivity index (χ3v) is 5.79. The standard InChI is InChI=1S/C20H19Br2N3OS/c1-4-5-6-17-12(2)18(10-23)20(24-13(17)3)27-11-19(26)25-16-8-14(21)7-15(22)9-16/h4-5,7-9H,6,11H2,1-3H3,(H,25,26)/b5-4-. The molecule has 0 spiro atoms. The molecule has 0 saturated heterocycles. The number of rotatable bonds is 6. The maximum absolute atomic E-state index is 12.3. The van der Waals surface area contributed by atoms with Crippen molar-refractivity contribution in [1.29, 1.82) is 5.26 Å². The number of aryl methyl sites for hydroxylation is 1. The number of aromatic nitrogens is 1. The van der Waals surface area contributed by atoms with Gasteiger partial charge in [0.2, 0.25) is 5.91 Å². The van der Waals surface area contributed by atoms with Crippen LogP contribution >= 0.6 is 43.6 Å².